The molecule has 0 heterocycles. The molecule has 2 aromatic carbocycles. The van der Waals surface area contributed by atoms with Crippen molar-refractivity contribution in [1.29, 1.82) is 0 Å². The second-order valence-electron chi connectivity index (χ2n) is 4.64. The average molecular weight is 325 g/mol. The third-order valence-corrected chi connectivity index (χ3v) is 3.99. The van der Waals surface area contributed by atoms with Gasteiger partial charge in [0.15, 0.2) is 0 Å². The summed E-state index contributed by atoms with van der Waals surface area (Å²) in [4.78, 5) is 13.0. The monoisotopic (exact) mass is 325 g/mol. The van der Waals surface area contributed by atoms with E-state index in [2.05, 4.69) is 5.32 Å². The number of carbonyl (C=O) groups is 1. The fourth-order valence-electron chi connectivity index (χ4n) is 1.77. The van der Waals surface area contributed by atoms with Crippen LogP contribution in [-0.2, 0) is 11.0 Å². The van der Waals surface area contributed by atoms with Crippen LogP contribution in [0.2, 0.25) is 0 Å². The van der Waals surface area contributed by atoms with E-state index in [-0.39, 0.29) is 11.6 Å². The van der Waals surface area contributed by atoms with Gasteiger partial charge in [-0.15, -0.1) is 11.8 Å². The minimum Gasteiger partial charge on any atom is -0.325 e. The topological polar surface area (TPSA) is 29.1 Å². The minimum atomic E-state index is -4.43. The van der Waals surface area contributed by atoms with Crippen molar-refractivity contribution in [3.05, 3.63) is 60.2 Å². The highest BCUT2D eigenvalue weighted by Crippen LogP contribution is 2.31. The molecule has 0 aliphatic rings. The van der Waals surface area contributed by atoms with E-state index < -0.39 is 17.0 Å². The number of benzene rings is 2. The molecular weight excluding hydrogens is 311 g/mol. The van der Waals surface area contributed by atoms with E-state index >= 15 is 0 Å². The SMILES string of the molecule is C[C@@H](Sc1ccccc1)C(=O)Nc1cccc(C(F)(F)F)c1. The Kier molecular flexibility index (Phi) is 5.13. The van der Waals surface area contributed by atoms with Crippen LogP contribution in [0.15, 0.2) is 59.5 Å². The fraction of sp³-hybridized carbons (Fsp3) is 0.188. The Labute approximate surface area is 130 Å². The van der Waals surface area contributed by atoms with Crippen LogP contribution in [-0.4, -0.2) is 11.2 Å². The Balaban J connectivity index is 2.02. The Hall–Kier alpha value is -1.95. The molecule has 0 radical (unpaired) electrons. The van der Waals surface area contributed by atoms with E-state index in [1.807, 2.05) is 30.3 Å². The number of anilines is 1. The van der Waals surface area contributed by atoms with Gasteiger partial charge in [0.2, 0.25) is 5.91 Å². The Morgan fingerprint density at radius 3 is 2.41 bits per heavy atom. The number of nitrogens with one attached hydrogen (secondary N) is 1. The maximum Gasteiger partial charge on any atom is 0.416 e. The highest BCUT2D eigenvalue weighted by molar-refractivity contribution is 8.00. The molecule has 6 heteroatoms. The van der Waals surface area contributed by atoms with Crippen LogP contribution in [0, 0.1) is 0 Å². The van der Waals surface area contributed by atoms with Crippen LogP contribution >= 0.6 is 11.8 Å². The van der Waals surface area contributed by atoms with Crippen LogP contribution in [0.4, 0.5) is 18.9 Å². The van der Waals surface area contributed by atoms with Crippen molar-refractivity contribution in [2.45, 2.75) is 23.2 Å². The molecule has 0 unspecified atom stereocenters. The van der Waals surface area contributed by atoms with Crippen molar-refractivity contribution in [1.82, 2.24) is 0 Å². The smallest absolute Gasteiger partial charge is 0.325 e. The zero-order chi connectivity index (χ0) is 16.2. The van der Waals surface area contributed by atoms with Gasteiger partial charge in [-0.3, -0.25) is 4.79 Å². The molecular formula is C16H14F3NOS. The third-order valence-electron chi connectivity index (χ3n) is 2.88. The van der Waals surface area contributed by atoms with Gasteiger partial charge in [0.1, 0.15) is 0 Å². The summed E-state index contributed by atoms with van der Waals surface area (Å²) in [7, 11) is 0. The van der Waals surface area contributed by atoms with Gasteiger partial charge in [-0.05, 0) is 37.3 Å². The predicted molar refractivity (Wildman–Crippen MR) is 81.8 cm³/mol. The molecule has 0 fully saturated rings. The van der Waals surface area contributed by atoms with E-state index in [1.54, 1.807) is 6.92 Å². The molecule has 0 aliphatic heterocycles. The molecule has 0 spiro atoms. The van der Waals surface area contributed by atoms with Gasteiger partial charge in [-0.1, -0.05) is 24.3 Å². The highest BCUT2D eigenvalue weighted by Gasteiger charge is 2.30. The van der Waals surface area contributed by atoms with Crippen molar-refractivity contribution in [3.63, 3.8) is 0 Å². The first-order valence-corrected chi connectivity index (χ1v) is 7.44. The van der Waals surface area contributed by atoms with Crippen molar-refractivity contribution < 1.29 is 18.0 Å². The number of alkyl halides is 3. The van der Waals surface area contributed by atoms with Gasteiger partial charge in [0, 0.05) is 10.6 Å². The second kappa shape index (κ2) is 6.87. The lowest BCUT2D eigenvalue weighted by Crippen LogP contribution is -2.22. The van der Waals surface area contributed by atoms with E-state index in [1.165, 1.54) is 23.9 Å². The zero-order valence-corrected chi connectivity index (χ0v) is 12.5. The van der Waals surface area contributed by atoms with E-state index in [4.69, 9.17) is 0 Å². The summed E-state index contributed by atoms with van der Waals surface area (Å²) in [5, 5.41) is 2.10. The third kappa shape index (κ3) is 4.53. The maximum atomic E-state index is 12.6. The summed E-state index contributed by atoms with van der Waals surface area (Å²) in [5.74, 6) is -0.340. The minimum absolute atomic E-state index is 0.139. The summed E-state index contributed by atoms with van der Waals surface area (Å²) >= 11 is 1.35. The van der Waals surface area contributed by atoms with Gasteiger partial charge in [0.25, 0.3) is 0 Å². The average Bonchev–Trinajstić information content (AvgIpc) is 2.47. The molecule has 0 saturated heterocycles. The number of carbonyl (C=O) groups excluding carboxylic acids is 1. The molecule has 0 aliphatic carbocycles. The van der Waals surface area contributed by atoms with Crippen LogP contribution in [0.3, 0.4) is 0 Å². The van der Waals surface area contributed by atoms with Crippen LogP contribution < -0.4 is 5.32 Å². The van der Waals surface area contributed by atoms with Crippen LogP contribution in [0.25, 0.3) is 0 Å². The van der Waals surface area contributed by atoms with Gasteiger partial charge in [-0.25, -0.2) is 0 Å². The number of rotatable bonds is 4. The molecule has 1 amide bonds. The number of hydrogen-bond acceptors (Lipinski definition) is 2. The molecule has 0 aromatic heterocycles. The predicted octanol–water partition coefficient (Wildman–Crippen LogP) is 4.82. The first-order valence-electron chi connectivity index (χ1n) is 6.56. The molecule has 0 saturated carbocycles. The first-order chi connectivity index (χ1) is 10.4. The number of halogens is 3. The summed E-state index contributed by atoms with van der Waals surface area (Å²) < 4.78 is 37.9. The van der Waals surface area contributed by atoms with Gasteiger partial charge in [0.05, 0.1) is 10.8 Å². The van der Waals surface area contributed by atoms with Gasteiger partial charge >= 0.3 is 6.18 Å². The first kappa shape index (κ1) is 16.4. The standard InChI is InChI=1S/C16H14F3NOS/c1-11(22-14-8-3-2-4-9-14)15(21)20-13-7-5-6-12(10-13)16(17,18)19/h2-11H,1H3,(H,20,21)/t11-/m1/s1. The molecule has 1 N–H and O–H groups in total. The van der Waals surface area contributed by atoms with Crippen molar-refractivity contribution in [3.8, 4) is 0 Å². The lowest BCUT2D eigenvalue weighted by Gasteiger charge is -2.13. The zero-order valence-electron chi connectivity index (χ0n) is 11.7. The molecule has 2 nitrogen and oxygen atoms in total. The maximum absolute atomic E-state index is 12.6. The Morgan fingerprint density at radius 2 is 1.77 bits per heavy atom. The Morgan fingerprint density at radius 1 is 1.09 bits per heavy atom. The molecule has 2 rings (SSSR count). The van der Waals surface area contributed by atoms with Gasteiger partial charge < -0.3 is 5.32 Å². The van der Waals surface area contributed by atoms with E-state index in [9.17, 15) is 18.0 Å². The molecule has 0 bridgehead atoms. The molecule has 1 atom stereocenters. The normalized spacial score (nSPS) is 12.7. The summed E-state index contributed by atoms with van der Waals surface area (Å²) in [5.41, 5.74) is -0.644. The summed E-state index contributed by atoms with van der Waals surface area (Å²) in [6.45, 7) is 1.71. The summed E-state index contributed by atoms with van der Waals surface area (Å²) in [6, 6.07) is 13.9. The van der Waals surface area contributed by atoms with E-state index in [0.29, 0.717) is 0 Å². The highest BCUT2D eigenvalue weighted by atomic mass is 32.2. The number of thioether (sulfide) groups is 1. The largest absolute Gasteiger partial charge is 0.416 e. The van der Waals surface area contributed by atoms with Gasteiger partial charge in [-0.2, -0.15) is 13.2 Å². The lowest BCUT2D eigenvalue weighted by atomic mass is 10.2. The van der Waals surface area contributed by atoms with Crippen LogP contribution in [0.5, 0.6) is 0 Å². The molecule has 22 heavy (non-hydrogen) atoms. The second-order valence-corrected chi connectivity index (χ2v) is 6.06. The fourth-order valence-corrected chi connectivity index (χ4v) is 2.66. The van der Waals surface area contributed by atoms with Crippen molar-refractivity contribution >= 4 is 23.4 Å². The Bertz CT molecular complexity index is 643. The molecule has 2 aromatic rings. The van der Waals surface area contributed by atoms with Crippen LogP contribution in [0.1, 0.15) is 12.5 Å². The number of hydrogen-bond donors (Lipinski definition) is 1. The quantitative estimate of drug-likeness (QED) is 0.816. The molecule has 116 valence electrons. The van der Waals surface area contributed by atoms with Crippen molar-refractivity contribution in [2.75, 3.05) is 5.32 Å². The lowest BCUT2D eigenvalue weighted by molar-refractivity contribution is -0.137. The summed E-state index contributed by atoms with van der Waals surface area (Å²) in [6.07, 6.45) is -4.43. The number of amides is 1. The van der Waals surface area contributed by atoms with E-state index in [0.717, 1.165) is 17.0 Å². The van der Waals surface area contributed by atoms with Crippen molar-refractivity contribution in [2.24, 2.45) is 0 Å².